The van der Waals surface area contributed by atoms with Gasteiger partial charge in [-0.05, 0) is 24.0 Å². The highest BCUT2D eigenvalue weighted by Gasteiger charge is 2.06. The molecular formula is C13H20N2O2. The minimum atomic E-state index is -0.161. The Kier molecular flexibility index (Phi) is 5.49. The van der Waals surface area contributed by atoms with Crippen LogP contribution in [0.4, 0.5) is 0 Å². The second-order valence-corrected chi connectivity index (χ2v) is 4.21. The van der Waals surface area contributed by atoms with E-state index in [1.54, 1.807) is 0 Å². The van der Waals surface area contributed by atoms with Gasteiger partial charge in [-0.2, -0.15) is 0 Å². The fourth-order valence-corrected chi connectivity index (χ4v) is 1.58. The number of hydrazine groups is 1. The molecule has 0 heterocycles. The molecule has 1 amide bonds. The lowest BCUT2D eigenvalue weighted by Crippen LogP contribution is -2.30. The van der Waals surface area contributed by atoms with Gasteiger partial charge < -0.3 is 4.74 Å². The number of para-hydroxylation sites is 1. The van der Waals surface area contributed by atoms with E-state index in [0.29, 0.717) is 25.4 Å². The number of hydrogen-bond acceptors (Lipinski definition) is 3. The van der Waals surface area contributed by atoms with E-state index in [1.165, 1.54) is 5.56 Å². The minimum Gasteiger partial charge on any atom is -0.493 e. The van der Waals surface area contributed by atoms with Crippen molar-refractivity contribution in [3.05, 3.63) is 29.8 Å². The van der Waals surface area contributed by atoms with Crippen LogP contribution in [0.25, 0.3) is 0 Å². The third kappa shape index (κ3) is 4.44. The first-order valence-electron chi connectivity index (χ1n) is 5.86. The molecule has 17 heavy (non-hydrogen) atoms. The predicted octanol–water partition coefficient (Wildman–Crippen LogP) is 1.96. The van der Waals surface area contributed by atoms with Crippen molar-refractivity contribution < 1.29 is 9.53 Å². The average molecular weight is 236 g/mol. The van der Waals surface area contributed by atoms with Gasteiger partial charge in [0.05, 0.1) is 6.61 Å². The van der Waals surface area contributed by atoms with Gasteiger partial charge in [0.25, 0.3) is 0 Å². The molecule has 1 aromatic carbocycles. The van der Waals surface area contributed by atoms with Crippen LogP contribution in [0.1, 0.15) is 38.2 Å². The second kappa shape index (κ2) is 6.91. The van der Waals surface area contributed by atoms with Crippen molar-refractivity contribution in [3.8, 4) is 5.75 Å². The van der Waals surface area contributed by atoms with Crippen LogP contribution in [0.2, 0.25) is 0 Å². The van der Waals surface area contributed by atoms with Crippen molar-refractivity contribution in [1.82, 2.24) is 5.43 Å². The highest BCUT2D eigenvalue weighted by molar-refractivity contribution is 5.75. The smallest absolute Gasteiger partial charge is 0.234 e. The van der Waals surface area contributed by atoms with Crippen molar-refractivity contribution in [3.63, 3.8) is 0 Å². The molecule has 0 bridgehead atoms. The number of carbonyl (C=O) groups is 1. The molecule has 4 nitrogen and oxygen atoms in total. The first-order valence-corrected chi connectivity index (χ1v) is 5.86. The molecule has 0 saturated heterocycles. The number of rotatable bonds is 6. The van der Waals surface area contributed by atoms with Crippen molar-refractivity contribution in [1.29, 1.82) is 0 Å². The van der Waals surface area contributed by atoms with E-state index in [4.69, 9.17) is 10.6 Å². The van der Waals surface area contributed by atoms with Gasteiger partial charge in [-0.3, -0.25) is 10.2 Å². The van der Waals surface area contributed by atoms with Crippen LogP contribution in [0.15, 0.2) is 24.3 Å². The normalized spacial score (nSPS) is 10.4. The van der Waals surface area contributed by atoms with E-state index >= 15 is 0 Å². The van der Waals surface area contributed by atoms with Crippen LogP contribution in [-0.2, 0) is 4.79 Å². The molecule has 0 spiro atoms. The molecule has 0 saturated carbocycles. The first kappa shape index (κ1) is 13.5. The molecular weight excluding hydrogens is 216 g/mol. The van der Waals surface area contributed by atoms with E-state index in [0.717, 1.165) is 5.75 Å². The summed E-state index contributed by atoms with van der Waals surface area (Å²) in [6.45, 7) is 4.78. The van der Waals surface area contributed by atoms with Crippen LogP contribution in [0, 0.1) is 0 Å². The molecule has 4 heteroatoms. The highest BCUT2D eigenvalue weighted by atomic mass is 16.5. The van der Waals surface area contributed by atoms with Gasteiger partial charge in [0.15, 0.2) is 0 Å². The maximum absolute atomic E-state index is 10.9. The van der Waals surface area contributed by atoms with Crippen LogP contribution >= 0.6 is 0 Å². The maximum Gasteiger partial charge on any atom is 0.234 e. The molecule has 1 aromatic rings. The van der Waals surface area contributed by atoms with Crippen molar-refractivity contribution in [2.45, 2.75) is 32.6 Å². The van der Waals surface area contributed by atoms with Gasteiger partial charge >= 0.3 is 0 Å². The monoisotopic (exact) mass is 236 g/mol. The molecule has 0 aliphatic rings. The van der Waals surface area contributed by atoms with E-state index in [-0.39, 0.29) is 5.91 Å². The lowest BCUT2D eigenvalue weighted by atomic mass is 10.0. The van der Waals surface area contributed by atoms with Crippen molar-refractivity contribution in [2.24, 2.45) is 5.84 Å². The average Bonchev–Trinajstić information content (AvgIpc) is 2.34. The van der Waals surface area contributed by atoms with Crippen molar-refractivity contribution >= 4 is 5.91 Å². The van der Waals surface area contributed by atoms with Gasteiger partial charge in [-0.25, -0.2) is 5.84 Å². The van der Waals surface area contributed by atoms with E-state index in [9.17, 15) is 4.79 Å². The Bertz CT molecular complexity index is 364. The summed E-state index contributed by atoms with van der Waals surface area (Å²) in [6, 6.07) is 7.97. The molecule has 0 unspecified atom stereocenters. The Balaban J connectivity index is 2.44. The van der Waals surface area contributed by atoms with Crippen molar-refractivity contribution in [2.75, 3.05) is 6.61 Å². The molecule has 0 aliphatic carbocycles. The van der Waals surface area contributed by atoms with Gasteiger partial charge in [-0.1, -0.05) is 32.0 Å². The number of ether oxygens (including phenoxy) is 1. The zero-order valence-electron chi connectivity index (χ0n) is 10.4. The molecule has 0 aliphatic heterocycles. The zero-order chi connectivity index (χ0) is 12.7. The first-order chi connectivity index (χ1) is 8.15. The summed E-state index contributed by atoms with van der Waals surface area (Å²) in [4.78, 5) is 10.9. The Morgan fingerprint density at radius 2 is 2.12 bits per heavy atom. The molecule has 1 rings (SSSR count). The van der Waals surface area contributed by atoms with Gasteiger partial charge in [0.1, 0.15) is 5.75 Å². The highest BCUT2D eigenvalue weighted by Crippen LogP contribution is 2.25. The molecule has 0 fully saturated rings. The fourth-order valence-electron chi connectivity index (χ4n) is 1.58. The number of nitrogens with two attached hydrogens (primary N) is 1. The summed E-state index contributed by atoms with van der Waals surface area (Å²) in [5, 5.41) is 0. The van der Waals surface area contributed by atoms with Crippen LogP contribution in [0.5, 0.6) is 5.75 Å². The van der Waals surface area contributed by atoms with Crippen LogP contribution < -0.4 is 16.0 Å². The lowest BCUT2D eigenvalue weighted by molar-refractivity contribution is -0.121. The molecule has 3 N–H and O–H groups in total. The molecule has 94 valence electrons. The SMILES string of the molecule is CC(C)c1ccccc1OCCCC(=O)NN. The largest absolute Gasteiger partial charge is 0.493 e. The van der Waals surface area contributed by atoms with E-state index < -0.39 is 0 Å². The Morgan fingerprint density at radius 3 is 2.76 bits per heavy atom. The predicted molar refractivity (Wildman–Crippen MR) is 67.6 cm³/mol. The lowest BCUT2D eigenvalue weighted by Gasteiger charge is -2.13. The summed E-state index contributed by atoms with van der Waals surface area (Å²) in [5.41, 5.74) is 3.29. The summed E-state index contributed by atoms with van der Waals surface area (Å²) in [5.74, 6) is 6.16. The summed E-state index contributed by atoms with van der Waals surface area (Å²) < 4.78 is 5.67. The Labute approximate surface area is 102 Å². The summed E-state index contributed by atoms with van der Waals surface area (Å²) in [7, 11) is 0. The van der Waals surface area contributed by atoms with Crippen LogP contribution in [-0.4, -0.2) is 12.5 Å². The quantitative estimate of drug-likeness (QED) is 0.343. The molecule has 0 aromatic heterocycles. The standard InChI is InChI=1S/C13H20N2O2/c1-10(2)11-6-3-4-7-12(11)17-9-5-8-13(16)15-14/h3-4,6-7,10H,5,8-9,14H2,1-2H3,(H,15,16). The van der Waals surface area contributed by atoms with E-state index in [2.05, 4.69) is 25.3 Å². The minimum absolute atomic E-state index is 0.161. The Hall–Kier alpha value is -1.55. The van der Waals surface area contributed by atoms with Gasteiger partial charge in [0, 0.05) is 6.42 Å². The number of amides is 1. The topological polar surface area (TPSA) is 64.3 Å². The number of hydrogen-bond donors (Lipinski definition) is 2. The molecule has 0 radical (unpaired) electrons. The summed E-state index contributed by atoms with van der Waals surface area (Å²) >= 11 is 0. The third-order valence-electron chi connectivity index (χ3n) is 2.51. The van der Waals surface area contributed by atoms with Crippen LogP contribution in [0.3, 0.4) is 0 Å². The number of benzene rings is 1. The number of carbonyl (C=O) groups excluding carboxylic acids is 1. The summed E-state index contributed by atoms with van der Waals surface area (Å²) in [6.07, 6.45) is 1.05. The zero-order valence-corrected chi connectivity index (χ0v) is 10.4. The van der Waals surface area contributed by atoms with E-state index in [1.807, 2.05) is 18.2 Å². The van der Waals surface area contributed by atoms with Gasteiger partial charge in [-0.15, -0.1) is 0 Å². The second-order valence-electron chi connectivity index (χ2n) is 4.21. The maximum atomic E-state index is 10.9. The Morgan fingerprint density at radius 1 is 1.41 bits per heavy atom. The third-order valence-corrected chi connectivity index (χ3v) is 2.51. The fraction of sp³-hybridized carbons (Fsp3) is 0.462. The van der Waals surface area contributed by atoms with Gasteiger partial charge in [0.2, 0.25) is 5.91 Å². The number of nitrogens with one attached hydrogen (secondary N) is 1. The molecule has 0 atom stereocenters.